The zero-order chi connectivity index (χ0) is 15.1. The quantitative estimate of drug-likeness (QED) is 0.640. The van der Waals surface area contributed by atoms with E-state index in [4.69, 9.17) is 9.47 Å². The van der Waals surface area contributed by atoms with E-state index < -0.39 is 11.8 Å². The van der Waals surface area contributed by atoms with Gasteiger partial charge in [-0.1, -0.05) is 48.6 Å². The average molecular weight is 288 g/mol. The number of hydrogen-bond acceptors (Lipinski definition) is 3. The van der Waals surface area contributed by atoms with Crippen LogP contribution >= 0.6 is 0 Å². The summed E-state index contributed by atoms with van der Waals surface area (Å²) in [5.74, 6) is -0.0902. The maximum atomic E-state index is 11.2. The van der Waals surface area contributed by atoms with Gasteiger partial charge in [0, 0.05) is 24.7 Å². The van der Waals surface area contributed by atoms with Gasteiger partial charge in [0.05, 0.1) is 0 Å². The SMILES string of the molecule is CCOCCC1C=CC=CC1(OC(=O)O)c1ccccc1. The van der Waals surface area contributed by atoms with E-state index >= 15 is 0 Å². The van der Waals surface area contributed by atoms with Crippen molar-refractivity contribution in [1.82, 2.24) is 0 Å². The summed E-state index contributed by atoms with van der Waals surface area (Å²) in [7, 11) is 0. The molecule has 4 nitrogen and oxygen atoms in total. The Morgan fingerprint density at radius 3 is 2.71 bits per heavy atom. The van der Waals surface area contributed by atoms with E-state index in [-0.39, 0.29) is 5.92 Å². The highest BCUT2D eigenvalue weighted by Crippen LogP contribution is 2.40. The van der Waals surface area contributed by atoms with Crippen LogP contribution in [0, 0.1) is 5.92 Å². The Hall–Kier alpha value is -2.07. The van der Waals surface area contributed by atoms with Gasteiger partial charge in [-0.15, -0.1) is 0 Å². The molecular weight excluding hydrogens is 268 g/mol. The number of allylic oxidation sites excluding steroid dienone is 2. The highest BCUT2D eigenvalue weighted by Gasteiger charge is 2.41. The topological polar surface area (TPSA) is 55.8 Å². The van der Waals surface area contributed by atoms with Gasteiger partial charge in [-0.05, 0) is 19.4 Å². The van der Waals surface area contributed by atoms with E-state index in [0.717, 1.165) is 5.56 Å². The molecule has 2 atom stereocenters. The minimum atomic E-state index is -1.28. The van der Waals surface area contributed by atoms with Crippen molar-refractivity contribution in [2.45, 2.75) is 18.9 Å². The third-order valence-electron chi connectivity index (χ3n) is 3.61. The van der Waals surface area contributed by atoms with Crippen LogP contribution in [0.2, 0.25) is 0 Å². The van der Waals surface area contributed by atoms with E-state index in [2.05, 4.69) is 0 Å². The molecule has 0 heterocycles. The van der Waals surface area contributed by atoms with Gasteiger partial charge in [0.1, 0.15) is 0 Å². The van der Waals surface area contributed by atoms with E-state index in [1.54, 1.807) is 0 Å². The van der Waals surface area contributed by atoms with E-state index in [9.17, 15) is 9.90 Å². The summed E-state index contributed by atoms with van der Waals surface area (Å²) in [6.45, 7) is 3.15. The van der Waals surface area contributed by atoms with Crippen molar-refractivity contribution in [3.63, 3.8) is 0 Å². The second kappa shape index (κ2) is 7.09. The van der Waals surface area contributed by atoms with Gasteiger partial charge < -0.3 is 14.6 Å². The Balaban J connectivity index is 2.34. The Bertz CT molecular complexity index is 521. The Morgan fingerprint density at radius 2 is 2.05 bits per heavy atom. The monoisotopic (exact) mass is 288 g/mol. The van der Waals surface area contributed by atoms with E-state index in [1.807, 2.05) is 61.6 Å². The van der Waals surface area contributed by atoms with Crippen LogP contribution in [0.25, 0.3) is 0 Å². The van der Waals surface area contributed by atoms with Crippen LogP contribution in [-0.4, -0.2) is 24.5 Å². The molecule has 1 aromatic rings. The molecule has 0 aromatic heterocycles. The number of benzene rings is 1. The van der Waals surface area contributed by atoms with Crippen LogP contribution in [0.3, 0.4) is 0 Å². The van der Waals surface area contributed by atoms with Crippen molar-refractivity contribution in [2.24, 2.45) is 5.92 Å². The number of hydrogen-bond donors (Lipinski definition) is 1. The summed E-state index contributed by atoms with van der Waals surface area (Å²) >= 11 is 0. The summed E-state index contributed by atoms with van der Waals surface area (Å²) in [4.78, 5) is 11.2. The van der Waals surface area contributed by atoms with Gasteiger partial charge in [0.2, 0.25) is 0 Å². The first-order valence-electron chi connectivity index (χ1n) is 7.10. The fourth-order valence-corrected chi connectivity index (χ4v) is 2.65. The van der Waals surface area contributed by atoms with Gasteiger partial charge in [0.25, 0.3) is 0 Å². The molecule has 1 aromatic carbocycles. The number of carboxylic acid groups (broad SMARTS) is 1. The molecule has 0 saturated carbocycles. The first-order valence-corrected chi connectivity index (χ1v) is 7.10. The fraction of sp³-hybridized carbons (Fsp3) is 0.353. The van der Waals surface area contributed by atoms with Gasteiger partial charge in [-0.2, -0.15) is 0 Å². The predicted octanol–water partition coefficient (Wildman–Crippen LogP) is 3.75. The molecule has 4 heteroatoms. The Kier molecular flexibility index (Phi) is 5.17. The number of rotatable bonds is 6. The van der Waals surface area contributed by atoms with Crippen LogP contribution in [-0.2, 0) is 15.1 Å². The lowest BCUT2D eigenvalue weighted by atomic mass is 9.76. The fourth-order valence-electron chi connectivity index (χ4n) is 2.65. The van der Waals surface area contributed by atoms with Crippen molar-refractivity contribution in [1.29, 1.82) is 0 Å². The molecule has 1 aliphatic carbocycles. The van der Waals surface area contributed by atoms with Crippen molar-refractivity contribution >= 4 is 6.16 Å². The number of carbonyl (C=O) groups is 1. The average Bonchev–Trinajstić information content (AvgIpc) is 2.49. The molecule has 0 radical (unpaired) electrons. The van der Waals surface area contributed by atoms with Gasteiger partial charge in [-0.25, -0.2) is 4.79 Å². The molecule has 0 bridgehead atoms. The van der Waals surface area contributed by atoms with Crippen molar-refractivity contribution in [3.8, 4) is 0 Å². The molecule has 0 fully saturated rings. The predicted molar refractivity (Wildman–Crippen MR) is 80.1 cm³/mol. The molecular formula is C17H20O4. The summed E-state index contributed by atoms with van der Waals surface area (Å²) in [6, 6.07) is 9.44. The molecule has 112 valence electrons. The maximum absolute atomic E-state index is 11.2. The van der Waals surface area contributed by atoms with Crippen molar-refractivity contribution in [3.05, 3.63) is 60.2 Å². The van der Waals surface area contributed by atoms with Crippen LogP contribution in [0.5, 0.6) is 0 Å². The summed E-state index contributed by atoms with van der Waals surface area (Å²) in [6.07, 6.45) is 6.95. The minimum Gasteiger partial charge on any atom is -0.450 e. The van der Waals surface area contributed by atoms with E-state index in [0.29, 0.717) is 19.6 Å². The van der Waals surface area contributed by atoms with Gasteiger partial charge >= 0.3 is 6.16 Å². The maximum Gasteiger partial charge on any atom is 0.507 e. The Labute approximate surface area is 124 Å². The lowest BCUT2D eigenvalue weighted by Crippen LogP contribution is -2.39. The van der Waals surface area contributed by atoms with Crippen LogP contribution in [0.4, 0.5) is 4.79 Å². The van der Waals surface area contributed by atoms with Crippen LogP contribution < -0.4 is 0 Å². The molecule has 0 spiro atoms. The highest BCUT2D eigenvalue weighted by molar-refractivity contribution is 5.59. The van der Waals surface area contributed by atoms with Crippen molar-refractivity contribution in [2.75, 3.05) is 13.2 Å². The summed E-state index contributed by atoms with van der Waals surface area (Å²) < 4.78 is 10.7. The molecule has 2 unspecified atom stereocenters. The second-order valence-electron chi connectivity index (χ2n) is 4.86. The van der Waals surface area contributed by atoms with E-state index in [1.165, 1.54) is 0 Å². The van der Waals surface area contributed by atoms with Crippen molar-refractivity contribution < 1.29 is 19.4 Å². The first-order chi connectivity index (χ1) is 10.2. The molecule has 1 aliphatic rings. The highest BCUT2D eigenvalue weighted by atomic mass is 16.7. The summed E-state index contributed by atoms with van der Waals surface area (Å²) in [5.41, 5.74) is -0.159. The third-order valence-corrected chi connectivity index (χ3v) is 3.61. The lowest BCUT2D eigenvalue weighted by Gasteiger charge is -2.37. The van der Waals surface area contributed by atoms with Crippen LogP contribution in [0.15, 0.2) is 54.6 Å². The summed E-state index contributed by atoms with van der Waals surface area (Å²) in [5, 5.41) is 9.17. The smallest absolute Gasteiger partial charge is 0.450 e. The molecule has 2 rings (SSSR count). The Morgan fingerprint density at radius 1 is 1.29 bits per heavy atom. The third kappa shape index (κ3) is 3.52. The normalized spacial score (nSPS) is 24.0. The minimum absolute atomic E-state index is 0.0902. The molecule has 0 saturated heterocycles. The molecule has 21 heavy (non-hydrogen) atoms. The van der Waals surface area contributed by atoms with Gasteiger partial charge in [0.15, 0.2) is 5.60 Å². The van der Waals surface area contributed by atoms with Crippen LogP contribution in [0.1, 0.15) is 18.9 Å². The molecule has 0 amide bonds. The second-order valence-corrected chi connectivity index (χ2v) is 4.86. The zero-order valence-corrected chi connectivity index (χ0v) is 12.1. The number of ether oxygens (including phenoxy) is 2. The lowest BCUT2D eigenvalue weighted by molar-refractivity contribution is -0.0258. The first kappa shape index (κ1) is 15.3. The van der Waals surface area contributed by atoms with Gasteiger partial charge in [-0.3, -0.25) is 0 Å². The standard InChI is InChI=1S/C17H20O4/c1-2-20-13-11-15-10-6-7-12-17(15,21-16(18)19)14-8-4-3-5-9-14/h3-10,12,15H,2,11,13H2,1H3,(H,18,19). The largest absolute Gasteiger partial charge is 0.507 e. The molecule has 1 N–H and O–H groups in total. The zero-order valence-electron chi connectivity index (χ0n) is 12.1. The molecule has 0 aliphatic heterocycles.